The Labute approximate surface area is 170 Å². The number of hydrogen-bond acceptors (Lipinski definition) is 6. The highest BCUT2D eigenvalue weighted by Crippen LogP contribution is 2.24. The Balaban J connectivity index is 1.76. The van der Waals surface area contributed by atoms with Crippen molar-refractivity contribution in [3.8, 4) is 11.4 Å². The van der Waals surface area contributed by atoms with Gasteiger partial charge in [0.15, 0.2) is 5.16 Å². The SMILES string of the molecule is COc1ccc(NC(=O)CSc2nc(=O)cc(N)n2-c2ccc(Cl)cc2)cc1. The largest absolute Gasteiger partial charge is 0.497 e. The van der Waals surface area contributed by atoms with Crippen molar-refractivity contribution in [2.75, 3.05) is 23.9 Å². The first-order valence-corrected chi connectivity index (χ1v) is 9.55. The molecule has 1 heterocycles. The van der Waals surface area contributed by atoms with Crippen LogP contribution in [-0.4, -0.2) is 28.3 Å². The molecule has 3 N–H and O–H groups in total. The predicted octanol–water partition coefficient (Wildman–Crippen LogP) is 3.21. The summed E-state index contributed by atoms with van der Waals surface area (Å²) in [6.45, 7) is 0. The minimum Gasteiger partial charge on any atom is -0.497 e. The van der Waals surface area contributed by atoms with Gasteiger partial charge in [-0.15, -0.1) is 0 Å². The van der Waals surface area contributed by atoms with E-state index in [1.807, 2.05) is 0 Å². The highest BCUT2D eigenvalue weighted by atomic mass is 35.5. The second-order valence-electron chi connectivity index (χ2n) is 5.68. The van der Waals surface area contributed by atoms with E-state index < -0.39 is 5.56 Å². The molecule has 0 unspecified atom stereocenters. The molecule has 28 heavy (non-hydrogen) atoms. The lowest BCUT2D eigenvalue weighted by Crippen LogP contribution is -2.19. The number of methoxy groups -OCH3 is 1. The van der Waals surface area contributed by atoms with Crippen LogP contribution in [0.25, 0.3) is 5.69 Å². The molecule has 0 aliphatic carbocycles. The van der Waals surface area contributed by atoms with E-state index in [0.29, 0.717) is 27.3 Å². The number of amides is 1. The third-order valence-electron chi connectivity index (χ3n) is 3.72. The quantitative estimate of drug-likeness (QED) is 0.473. The van der Waals surface area contributed by atoms with Gasteiger partial charge in [0.05, 0.1) is 12.9 Å². The van der Waals surface area contributed by atoms with Crippen molar-refractivity contribution in [3.63, 3.8) is 0 Å². The fourth-order valence-electron chi connectivity index (χ4n) is 2.43. The molecule has 0 radical (unpaired) electrons. The van der Waals surface area contributed by atoms with Crippen LogP contribution in [0.2, 0.25) is 5.02 Å². The van der Waals surface area contributed by atoms with Gasteiger partial charge in [-0.05, 0) is 48.5 Å². The number of carbonyl (C=O) groups is 1. The van der Waals surface area contributed by atoms with Gasteiger partial charge in [-0.2, -0.15) is 4.98 Å². The van der Waals surface area contributed by atoms with Crippen molar-refractivity contribution in [1.29, 1.82) is 0 Å². The van der Waals surface area contributed by atoms with Gasteiger partial charge < -0.3 is 15.8 Å². The van der Waals surface area contributed by atoms with Crippen LogP contribution in [0.15, 0.2) is 64.5 Å². The number of benzene rings is 2. The number of nitrogens with zero attached hydrogens (tertiary/aromatic N) is 2. The molecule has 0 saturated heterocycles. The summed E-state index contributed by atoms with van der Waals surface area (Å²) in [5, 5.41) is 3.67. The fourth-order valence-corrected chi connectivity index (χ4v) is 3.38. The number of ether oxygens (including phenoxy) is 1. The van der Waals surface area contributed by atoms with Crippen LogP contribution in [0.1, 0.15) is 0 Å². The molecule has 0 aliphatic heterocycles. The number of rotatable bonds is 6. The molecule has 1 aromatic heterocycles. The van der Waals surface area contributed by atoms with Gasteiger partial charge in [-0.25, -0.2) is 0 Å². The van der Waals surface area contributed by atoms with E-state index in [9.17, 15) is 9.59 Å². The lowest BCUT2D eigenvalue weighted by molar-refractivity contribution is -0.113. The molecule has 0 atom stereocenters. The average Bonchev–Trinajstić information content (AvgIpc) is 2.68. The third kappa shape index (κ3) is 4.85. The molecule has 2 aromatic carbocycles. The minimum atomic E-state index is -0.472. The zero-order valence-corrected chi connectivity index (χ0v) is 16.5. The molecule has 9 heteroatoms. The number of halogens is 1. The number of nitrogens with one attached hydrogen (secondary N) is 1. The van der Waals surface area contributed by atoms with Gasteiger partial charge in [0, 0.05) is 22.5 Å². The topological polar surface area (TPSA) is 99.2 Å². The van der Waals surface area contributed by atoms with Crippen LogP contribution in [0.4, 0.5) is 11.5 Å². The molecule has 0 spiro atoms. The van der Waals surface area contributed by atoms with E-state index in [2.05, 4.69) is 10.3 Å². The molecular formula is C19H17ClN4O3S. The van der Waals surface area contributed by atoms with Gasteiger partial charge in [-0.3, -0.25) is 14.2 Å². The maximum absolute atomic E-state index is 12.3. The minimum absolute atomic E-state index is 0.0511. The number of nitrogen functional groups attached to an aromatic ring is 1. The summed E-state index contributed by atoms with van der Waals surface area (Å²) in [4.78, 5) is 28.1. The van der Waals surface area contributed by atoms with Crippen molar-refractivity contribution in [2.45, 2.75) is 5.16 Å². The van der Waals surface area contributed by atoms with Crippen LogP contribution in [0.3, 0.4) is 0 Å². The van der Waals surface area contributed by atoms with Crippen LogP contribution in [0, 0.1) is 0 Å². The Kier molecular flexibility index (Phi) is 6.23. The Bertz CT molecular complexity index is 1040. The molecule has 3 aromatic rings. The number of nitrogens with two attached hydrogens (primary N) is 1. The van der Waals surface area contributed by atoms with E-state index in [1.54, 1.807) is 60.2 Å². The Morgan fingerprint density at radius 3 is 2.54 bits per heavy atom. The Hall–Kier alpha value is -2.97. The van der Waals surface area contributed by atoms with Crippen molar-refractivity contribution < 1.29 is 9.53 Å². The maximum atomic E-state index is 12.3. The summed E-state index contributed by atoms with van der Waals surface area (Å²) in [5.74, 6) is 0.730. The standard InChI is InChI=1S/C19H17ClN4O3S/c1-27-15-8-4-13(5-9-15)22-18(26)11-28-19-23-17(25)10-16(21)24(19)14-6-2-12(20)3-7-14/h2-10H,11,21H2,1H3,(H,22,26). The van der Waals surface area contributed by atoms with E-state index in [4.69, 9.17) is 22.1 Å². The fraction of sp³-hybridized carbons (Fsp3) is 0.105. The van der Waals surface area contributed by atoms with E-state index in [0.717, 1.165) is 11.8 Å². The number of hydrogen-bond donors (Lipinski definition) is 2. The molecule has 0 saturated carbocycles. The van der Waals surface area contributed by atoms with Crippen molar-refractivity contribution in [1.82, 2.24) is 9.55 Å². The van der Waals surface area contributed by atoms with Crippen molar-refractivity contribution in [3.05, 3.63) is 70.0 Å². The van der Waals surface area contributed by atoms with Gasteiger partial charge in [0.2, 0.25) is 5.91 Å². The van der Waals surface area contributed by atoms with Crippen LogP contribution >= 0.6 is 23.4 Å². The van der Waals surface area contributed by atoms with Gasteiger partial charge in [-0.1, -0.05) is 23.4 Å². The molecule has 0 fully saturated rings. The van der Waals surface area contributed by atoms with Crippen molar-refractivity contribution in [2.24, 2.45) is 0 Å². The monoisotopic (exact) mass is 416 g/mol. The first-order valence-electron chi connectivity index (χ1n) is 8.18. The van der Waals surface area contributed by atoms with Crippen molar-refractivity contribution >= 4 is 40.8 Å². The Morgan fingerprint density at radius 1 is 1.21 bits per heavy atom. The maximum Gasteiger partial charge on any atom is 0.275 e. The first kappa shape index (κ1) is 19.8. The smallest absolute Gasteiger partial charge is 0.275 e. The molecule has 7 nitrogen and oxygen atoms in total. The lowest BCUT2D eigenvalue weighted by Gasteiger charge is -2.14. The second kappa shape index (κ2) is 8.81. The first-order chi connectivity index (χ1) is 13.5. The summed E-state index contributed by atoms with van der Waals surface area (Å²) in [5.41, 5.74) is 6.87. The number of carbonyl (C=O) groups excluding carboxylic acids is 1. The number of aromatic nitrogens is 2. The van der Waals surface area contributed by atoms with E-state index >= 15 is 0 Å². The molecule has 1 amide bonds. The van der Waals surface area contributed by atoms with Gasteiger partial charge in [0.25, 0.3) is 5.56 Å². The van der Waals surface area contributed by atoms with Crippen LogP contribution in [-0.2, 0) is 4.79 Å². The van der Waals surface area contributed by atoms with Gasteiger partial charge >= 0.3 is 0 Å². The second-order valence-corrected chi connectivity index (χ2v) is 7.06. The highest BCUT2D eigenvalue weighted by molar-refractivity contribution is 7.99. The number of thioether (sulfide) groups is 1. The normalized spacial score (nSPS) is 10.5. The molecule has 3 rings (SSSR count). The van der Waals surface area contributed by atoms with E-state index in [1.165, 1.54) is 6.07 Å². The van der Waals surface area contributed by atoms with Gasteiger partial charge in [0.1, 0.15) is 11.6 Å². The summed E-state index contributed by atoms with van der Waals surface area (Å²) < 4.78 is 6.69. The average molecular weight is 417 g/mol. The molecule has 144 valence electrons. The zero-order valence-electron chi connectivity index (χ0n) is 14.9. The molecule has 0 bridgehead atoms. The highest BCUT2D eigenvalue weighted by Gasteiger charge is 2.13. The third-order valence-corrected chi connectivity index (χ3v) is 4.91. The predicted molar refractivity (Wildman–Crippen MR) is 112 cm³/mol. The molecule has 0 aliphatic rings. The summed E-state index contributed by atoms with van der Waals surface area (Å²) >= 11 is 7.04. The lowest BCUT2D eigenvalue weighted by atomic mass is 10.3. The van der Waals surface area contributed by atoms with Crippen LogP contribution in [0.5, 0.6) is 5.75 Å². The summed E-state index contributed by atoms with van der Waals surface area (Å²) in [6, 6.07) is 15.1. The molecular weight excluding hydrogens is 400 g/mol. The zero-order chi connectivity index (χ0) is 20.1. The van der Waals surface area contributed by atoms with E-state index in [-0.39, 0.29) is 17.5 Å². The summed E-state index contributed by atoms with van der Waals surface area (Å²) in [7, 11) is 1.57. The number of anilines is 2. The summed E-state index contributed by atoms with van der Waals surface area (Å²) in [6.07, 6.45) is 0. The van der Waals surface area contributed by atoms with Crippen LogP contribution < -0.4 is 21.3 Å². The Morgan fingerprint density at radius 2 is 1.89 bits per heavy atom.